The Morgan fingerprint density at radius 3 is 2.40 bits per heavy atom. The summed E-state index contributed by atoms with van der Waals surface area (Å²) in [6.45, 7) is 4.40. The van der Waals surface area contributed by atoms with Crippen LogP contribution in [0.3, 0.4) is 0 Å². The Bertz CT molecular complexity index is 1110. The molecule has 2 heterocycles. The highest BCUT2D eigenvalue weighted by molar-refractivity contribution is 6.28. The molecule has 0 radical (unpaired) electrons. The normalized spacial score (nSPS) is 12.0. The van der Waals surface area contributed by atoms with Gasteiger partial charge in [0.2, 0.25) is 11.2 Å². The predicted molar refractivity (Wildman–Crippen MR) is 120 cm³/mol. The summed E-state index contributed by atoms with van der Waals surface area (Å²) in [6.07, 6.45) is 6.65. The molecule has 4 rings (SSSR count). The molecule has 6 heteroatoms. The van der Waals surface area contributed by atoms with Crippen LogP contribution >= 0.6 is 11.6 Å². The second kappa shape index (κ2) is 9.55. The molecule has 0 unspecified atom stereocenters. The van der Waals surface area contributed by atoms with Crippen LogP contribution in [0.25, 0.3) is 11.2 Å². The van der Waals surface area contributed by atoms with Crippen molar-refractivity contribution in [1.29, 1.82) is 0 Å². The molecule has 0 bridgehead atoms. The number of fused-ring (bicyclic) bond motifs is 1. The lowest BCUT2D eigenvalue weighted by Crippen LogP contribution is -2.07. The zero-order chi connectivity index (χ0) is 20.8. The molecule has 2 aromatic carbocycles. The van der Waals surface area contributed by atoms with Crippen LogP contribution in [-0.2, 0) is 13.0 Å². The number of allylic oxidation sites excluding steroid dienone is 1. The van der Waals surface area contributed by atoms with Crippen molar-refractivity contribution in [3.63, 3.8) is 0 Å². The summed E-state index contributed by atoms with van der Waals surface area (Å²) >= 11 is 6.20. The van der Waals surface area contributed by atoms with E-state index in [1.165, 1.54) is 5.56 Å². The third-order valence-corrected chi connectivity index (χ3v) is 5.19. The number of nitrogens with zero attached hydrogens (tertiary/aromatic N) is 4. The van der Waals surface area contributed by atoms with E-state index in [-0.39, 0.29) is 11.3 Å². The van der Waals surface area contributed by atoms with Crippen molar-refractivity contribution in [3.05, 3.63) is 96.1 Å². The first-order chi connectivity index (χ1) is 14.7. The Kier molecular flexibility index (Phi) is 6.40. The van der Waals surface area contributed by atoms with Gasteiger partial charge in [0.15, 0.2) is 11.2 Å². The first kappa shape index (κ1) is 20.1. The van der Waals surface area contributed by atoms with Crippen molar-refractivity contribution < 1.29 is 4.74 Å². The van der Waals surface area contributed by atoms with E-state index in [4.69, 9.17) is 16.3 Å². The number of halogens is 1. The van der Waals surface area contributed by atoms with E-state index in [9.17, 15) is 0 Å². The maximum absolute atomic E-state index is 6.20. The average molecular weight is 419 g/mol. The molecular weight excluding hydrogens is 396 g/mol. The lowest BCUT2D eigenvalue weighted by molar-refractivity contribution is 0.297. The second-order valence-corrected chi connectivity index (χ2v) is 7.42. The Morgan fingerprint density at radius 2 is 1.70 bits per heavy atom. The predicted octanol–water partition coefficient (Wildman–Crippen LogP) is 5.81. The Balaban J connectivity index is 1.52. The van der Waals surface area contributed by atoms with Gasteiger partial charge in [-0.15, -0.1) is 6.58 Å². The van der Waals surface area contributed by atoms with Crippen molar-refractivity contribution in [1.82, 2.24) is 19.5 Å². The fraction of sp³-hybridized carbons (Fsp3) is 0.208. The summed E-state index contributed by atoms with van der Waals surface area (Å²) < 4.78 is 7.91. The van der Waals surface area contributed by atoms with Crippen molar-refractivity contribution >= 4 is 22.8 Å². The standard InChI is InChI=1S/C24H23ClN4O/c1-2-20(15-9-14-18-10-5-3-6-11-18)29-17-26-21-22(29)27-24(25)28-23(21)30-16-19-12-7-4-8-13-19/h2-8,10-13,17,20H,1,9,14-16H2/t20-/m1/s1. The zero-order valence-electron chi connectivity index (χ0n) is 16.6. The molecule has 30 heavy (non-hydrogen) atoms. The largest absolute Gasteiger partial charge is 0.471 e. The molecule has 2 aromatic heterocycles. The van der Waals surface area contributed by atoms with Gasteiger partial charge in [-0.05, 0) is 42.0 Å². The minimum Gasteiger partial charge on any atom is -0.471 e. The third-order valence-electron chi connectivity index (χ3n) is 5.02. The van der Waals surface area contributed by atoms with Crippen LogP contribution in [0.4, 0.5) is 0 Å². The number of benzene rings is 2. The highest BCUT2D eigenvalue weighted by Gasteiger charge is 2.18. The second-order valence-electron chi connectivity index (χ2n) is 7.08. The van der Waals surface area contributed by atoms with Gasteiger partial charge in [-0.25, -0.2) is 4.98 Å². The van der Waals surface area contributed by atoms with Gasteiger partial charge in [0.1, 0.15) is 6.61 Å². The molecule has 0 aliphatic carbocycles. The molecule has 0 spiro atoms. The van der Waals surface area contributed by atoms with E-state index >= 15 is 0 Å². The molecule has 0 aliphatic heterocycles. The van der Waals surface area contributed by atoms with Crippen LogP contribution in [0.2, 0.25) is 5.28 Å². The monoisotopic (exact) mass is 418 g/mol. The van der Waals surface area contributed by atoms with E-state index in [1.54, 1.807) is 6.33 Å². The quantitative estimate of drug-likeness (QED) is 0.254. The Morgan fingerprint density at radius 1 is 1.00 bits per heavy atom. The van der Waals surface area contributed by atoms with Gasteiger partial charge in [-0.2, -0.15) is 9.97 Å². The topological polar surface area (TPSA) is 52.8 Å². The number of hydrogen-bond acceptors (Lipinski definition) is 4. The number of hydrogen-bond donors (Lipinski definition) is 0. The number of imidazole rings is 1. The van der Waals surface area contributed by atoms with Gasteiger partial charge in [0.25, 0.3) is 0 Å². The zero-order valence-corrected chi connectivity index (χ0v) is 17.4. The molecule has 0 amide bonds. The van der Waals surface area contributed by atoms with Gasteiger partial charge in [-0.1, -0.05) is 66.7 Å². The van der Waals surface area contributed by atoms with Crippen molar-refractivity contribution in [2.24, 2.45) is 0 Å². The van der Waals surface area contributed by atoms with E-state index in [0.29, 0.717) is 23.7 Å². The van der Waals surface area contributed by atoms with Crippen molar-refractivity contribution in [2.75, 3.05) is 0 Å². The highest BCUT2D eigenvalue weighted by Crippen LogP contribution is 2.28. The van der Waals surface area contributed by atoms with E-state index in [1.807, 2.05) is 47.0 Å². The fourth-order valence-electron chi connectivity index (χ4n) is 3.47. The molecular formula is C24H23ClN4O. The van der Waals surface area contributed by atoms with Gasteiger partial charge >= 0.3 is 0 Å². The van der Waals surface area contributed by atoms with Crippen molar-refractivity contribution in [3.8, 4) is 5.88 Å². The number of aryl methyl sites for hydroxylation is 1. The molecule has 1 atom stereocenters. The SMILES string of the molecule is C=C[C@H](CCCc1ccccc1)n1cnc2c(OCc3ccccc3)nc(Cl)nc21. The molecule has 0 saturated heterocycles. The smallest absolute Gasteiger partial charge is 0.247 e. The van der Waals surface area contributed by atoms with Gasteiger partial charge < -0.3 is 9.30 Å². The summed E-state index contributed by atoms with van der Waals surface area (Å²) in [5.41, 5.74) is 3.63. The van der Waals surface area contributed by atoms with Gasteiger partial charge in [0.05, 0.1) is 12.4 Å². The lowest BCUT2D eigenvalue weighted by atomic mass is 10.0. The first-order valence-electron chi connectivity index (χ1n) is 9.98. The minimum absolute atomic E-state index is 0.0617. The fourth-order valence-corrected chi connectivity index (χ4v) is 3.62. The number of aromatic nitrogens is 4. The number of rotatable bonds is 9. The summed E-state index contributed by atoms with van der Waals surface area (Å²) in [7, 11) is 0. The van der Waals surface area contributed by atoms with E-state index < -0.39 is 0 Å². The summed E-state index contributed by atoms with van der Waals surface area (Å²) in [5, 5.41) is 0.138. The van der Waals surface area contributed by atoms with Crippen molar-refractivity contribution in [2.45, 2.75) is 31.9 Å². The van der Waals surface area contributed by atoms with E-state index in [2.05, 4.69) is 45.8 Å². The summed E-state index contributed by atoms with van der Waals surface area (Å²) in [5.74, 6) is 0.389. The van der Waals surface area contributed by atoms with Gasteiger partial charge in [-0.3, -0.25) is 0 Å². The maximum Gasteiger partial charge on any atom is 0.247 e. The molecule has 0 saturated carbocycles. The third kappa shape index (κ3) is 4.69. The van der Waals surface area contributed by atoms with Crippen LogP contribution in [0.1, 0.15) is 30.0 Å². The highest BCUT2D eigenvalue weighted by atomic mass is 35.5. The summed E-state index contributed by atoms with van der Waals surface area (Å²) in [6, 6.07) is 20.5. The maximum atomic E-state index is 6.20. The molecule has 0 aliphatic rings. The molecule has 5 nitrogen and oxygen atoms in total. The number of ether oxygens (including phenoxy) is 1. The van der Waals surface area contributed by atoms with E-state index in [0.717, 1.165) is 24.8 Å². The molecule has 4 aromatic rings. The Hall–Kier alpha value is -3.18. The first-order valence-corrected chi connectivity index (χ1v) is 10.4. The van der Waals surface area contributed by atoms with Crippen LogP contribution in [0.15, 0.2) is 79.6 Å². The van der Waals surface area contributed by atoms with Crippen LogP contribution in [-0.4, -0.2) is 19.5 Å². The molecule has 0 fully saturated rings. The van der Waals surface area contributed by atoms with Gasteiger partial charge in [0, 0.05) is 0 Å². The average Bonchev–Trinajstić information content (AvgIpc) is 3.20. The Labute approximate surface area is 181 Å². The minimum atomic E-state index is 0.0617. The van der Waals surface area contributed by atoms with Crippen LogP contribution in [0.5, 0.6) is 5.88 Å². The molecule has 152 valence electrons. The van der Waals surface area contributed by atoms with Crippen LogP contribution < -0.4 is 4.74 Å². The molecule has 0 N–H and O–H groups in total. The lowest BCUT2D eigenvalue weighted by Gasteiger charge is -2.15. The van der Waals surface area contributed by atoms with Crippen LogP contribution in [0, 0.1) is 0 Å². The summed E-state index contributed by atoms with van der Waals surface area (Å²) in [4.78, 5) is 13.2.